The molecule has 1 atom stereocenters. The van der Waals surface area contributed by atoms with Gasteiger partial charge in [0.25, 0.3) is 0 Å². The van der Waals surface area contributed by atoms with Crippen LogP contribution in [0.1, 0.15) is 27.2 Å². The number of aliphatic hydroxyl groups excluding tert-OH is 1. The van der Waals surface area contributed by atoms with Crippen LogP contribution >= 0.6 is 0 Å². The average molecular weight is 140 g/mol. The van der Waals surface area contributed by atoms with Crippen molar-refractivity contribution < 1.29 is 5.11 Å². The molecule has 1 aliphatic carbocycles. The van der Waals surface area contributed by atoms with E-state index in [0.717, 1.165) is 6.42 Å². The van der Waals surface area contributed by atoms with Crippen molar-refractivity contribution in [3.63, 3.8) is 0 Å². The van der Waals surface area contributed by atoms with Crippen molar-refractivity contribution in [3.8, 4) is 0 Å². The molecule has 0 spiro atoms. The van der Waals surface area contributed by atoms with E-state index in [9.17, 15) is 0 Å². The van der Waals surface area contributed by atoms with Crippen LogP contribution in [-0.4, -0.2) is 5.11 Å². The normalized spacial score (nSPS) is 22.7. The maximum atomic E-state index is 8.99. The lowest BCUT2D eigenvalue weighted by molar-refractivity contribution is 0.339. The zero-order valence-electron chi connectivity index (χ0n) is 6.96. The number of hydrogen-bond acceptors (Lipinski definition) is 1. The average Bonchev–Trinajstić information content (AvgIpc) is 2.00. The summed E-state index contributed by atoms with van der Waals surface area (Å²) < 4.78 is 0. The van der Waals surface area contributed by atoms with Gasteiger partial charge in [-0.25, -0.2) is 0 Å². The van der Waals surface area contributed by atoms with Crippen LogP contribution in [0.25, 0.3) is 0 Å². The molecule has 0 fully saturated rings. The predicted molar refractivity (Wildman–Crippen MR) is 45.0 cm³/mol. The van der Waals surface area contributed by atoms with Gasteiger partial charge in [-0.2, -0.15) is 0 Å². The first-order chi connectivity index (χ1) is 4.80. The molecule has 0 heterocycles. The maximum Gasteiger partial charge on any atom is 0.0953 e. The molecule has 0 amide bonds. The Morgan fingerprint density at radius 1 is 1.50 bits per heavy atom. The van der Waals surface area contributed by atoms with E-state index in [0.29, 0.717) is 11.7 Å². The smallest absolute Gasteiger partial charge is 0.0953 e. The van der Waals surface area contributed by atoms with Crippen LogP contribution < -0.4 is 0 Å². The minimum atomic E-state index is 0.333. The highest BCUT2D eigenvalue weighted by Gasteiger charge is 2.05. The lowest BCUT2D eigenvalue weighted by Crippen LogP contribution is -1.98. The van der Waals surface area contributed by atoms with Crippen LogP contribution in [0, 0.1) is 5.92 Å². The summed E-state index contributed by atoms with van der Waals surface area (Å²) >= 11 is 0. The second-order valence-electron chi connectivity index (χ2n) is 2.16. The van der Waals surface area contributed by atoms with E-state index in [-0.39, 0.29) is 0 Å². The van der Waals surface area contributed by atoms with E-state index >= 15 is 0 Å². The summed E-state index contributed by atoms with van der Waals surface area (Å²) in [4.78, 5) is 0. The lowest BCUT2D eigenvalue weighted by Gasteiger charge is -2.09. The van der Waals surface area contributed by atoms with Gasteiger partial charge in [-0.1, -0.05) is 32.9 Å². The Bertz CT molecular complexity index is 134. The van der Waals surface area contributed by atoms with Gasteiger partial charge < -0.3 is 5.11 Å². The lowest BCUT2D eigenvalue weighted by atomic mass is 10.0. The maximum absolute atomic E-state index is 8.99. The molecule has 1 rings (SSSR count). The molecule has 1 heteroatoms. The van der Waals surface area contributed by atoms with E-state index in [1.54, 1.807) is 6.08 Å². The van der Waals surface area contributed by atoms with Gasteiger partial charge in [-0.05, 0) is 12.5 Å². The molecule has 1 aliphatic rings. The molecule has 1 unspecified atom stereocenters. The van der Waals surface area contributed by atoms with Gasteiger partial charge in [0.05, 0.1) is 5.76 Å². The van der Waals surface area contributed by atoms with Crippen LogP contribution in [0.5, 0.6) is 0 Å². The van der Waals surface area contributed by atoms with E-state index in [2.05, 4.69) is 6.08 Å². The third kappa shape index (κ3) is 2.72. The molecule has 0 saturated carbocycles. The van der Waals surface area contributed by atoms with Gasteiger partial charge in [0.1, 0.15) is 0 Å². The monoisotopic (exact) mass is 140 g/mol. The van der Waals surface area contributed by atoms with Crippen LogP contribution in [0.4, 0.5) is 0 Å². The first-order valence-corrected chi connectivity index (χ1v) is 3.86. The molecular formula is C9H16O. The van der Waals surface area contributed by atoms with Crippen LogP contribution in [0.15, 0.2) is 24.0 Å². The van der Waals surface area contributed by atoms with Crippen molar-refractivity contribution >= 4 is 0 Å². The summed E-state index contributed by atoms with van der Waals surface area (Å²) in [5.74, 6) is 0.840. The third-order valence-electron chi connectivity index (χ3n) is 1.40. The van der Waals surface area contributed by atoms with E-state index in [1.165, 1.54) is 0 Å². The summed E-state index contributed by atoms with van der Waals surface area (Å²) in [6, 6.07) is 0. The quantitative estimate of drug-likeness (QED) is 0.548. The molecule has 1 N–H and O–H groups in total. The van der Waals surface area contributed by atoms with Gasteiger partial charge >= 0.3 is 0 Å². The number of allylic oxidation sites excluding steroid dienone is 4. The van der Waals surface area contributed by atoms with Crippen molar-refractivity contribution in [2.24, 2.45) is 5.92 Å². The highest BCUT2D eigenvalue weighted by molar-refractivity contribution is 5.14. The minimum Gasteiger partial charge on any atom is -0.512 e. The SMILES string of the molecule is CC.CC1CC=CC=C1O. The van der Waals surface area contributed by atoms with E-state index < -0.39 is 0 Å². The van der Waals surface area contributed by atoms with E-state index in [1.807, 2.05) is 26.8 Å². The fourth-order valence-electron chi connectivity index (χ4n) is 0.734. The Kier molecular flexibility index (Phi) is 4.73. The summed E-state index contributed by atoms with van der Waals surface area (Å²) in [5.41, 5.74) is 0. The fourth-order valence-corrected chi connectivity index (χ4v) is 0.734. The third-order valence-corrected chi connectivity index (χ3v) is 1.40. The highest BCUT2D eigenvalue weighted by Crippen LogP contribution is 2.15. The predicted octanol–water partition coefficient (Wildman–Crippen LogP) is 3.05. The molecule has 0 aliphatic heterocycles. The van der Waals surface area contributed by atoms with Crippen LogP contribution in [0.3, 0.4) is 0 Å². The molecule has 0 saturated heterocycles. The van der Waals surface area contributed by atoms with Gasteiger partial charge in [-0.3, -0.25) is 0 Å². The van der Waals surface area contributed by atoms with Crippen molar-refractivity contribution in [1.82, 2.24) is 0 Å². The second kappa shape index (κ2) is 5.10. The Hall–Kier alpha value is -0.720. The number of hydrogen-bond donors (Lipinski definition) is 1. The minimum absolute atomic E-state index is 0.333. The number of aliphatic hydroxyl groups is 1. The first kappa shape index (κ1) is 9.28. The Balaban J connectivity index is 0.000000371. The molecule has 0 aromatic rings. The van der Waals surface area contributed by atoms with Crippen molar-refractivity contribution in [3.05, 3.63) is 24.0 Å². The summed E-state index contributed by atoms with van der Waals surface area (Å²) in [6.07, 6.45) is 6.66. The van der Waals surface area contributed by atoms with Gasteiger partial charge in [-0.15, -0.1) is 0 Å². The van der Waals surface area contributed by atoms with Gasteiger partial charge in [0, 0.05) is 5.92 Å². The fraction of sp³-hybridized carbons (Fsp3) is 0.556. The molecule has 10 heavy (non-hydrogen) atoms. The van der Waals surface area contributed by atoms with E-state index in [4.69, 9.17) is 5.11 Å². The zero-order valence-corrected chi connectivity index (χ0v) is 6.96. The van der Waals surface area contributed by atoms with Crippen molar-refractivity contribution in [2.75, 3.05) is 0 Å². The Morgan fingerprint density at radius 3 is 2.40 bits per heavy atom. The molecule has 1 nitrogen and oxygen atoms in total. The largest absolute Gasteiger partial charge is 0.512 e. The van der Waals surface area contributed by atoms with Gasteiger partial charge in [0.2, 0.25) is 0 Å². The molecule has 0 aromatic heterocycles. The molecule has 0 aromatic carbocycles. The molecule has 0 bridgehead atoms. The number of rotatable bonds is 0. The summed E-state index contributed by atoms with van der Waals surface area (Å²) in [7, 11) is 0. The summed E-state index contributed by atoms with van der Waals surface area (Å²) in [5, 5.41) is 8.99. The van der Waals surface area contributed by atoms with Gasteiger partial charge in [0.15, 0.2) is 0 Å². The Morgan fingerprint density at radius 2 is 2.10 bits per heavy atom. The second-order valence-corrected chi connectivity index (χ2v) is 2.16. The standard InChI is InChI=1S/C7H10O.C2H6/c1-6-4-2-3-5-7(6)8;1-2/h2-3,5-6,8H,4H2,1H3;1-2H3. The van der Waals surface area contributed by atoms with Crippen LogP contribution in [-0.2, 0) is 0 Å². The first-order valence-electron chi connectivity index (χ1n) is 3.86. The zero-order chi connectivity index (χ0) is 7.98. The van der Waals surface area contributed by atoms with Crippen molar-refractivity contribution in [1.29, 1.82) is 0 Å². The van der Waals surface area contributed by atoms with Crippen molar-refractivity contribution in [2.45, 2.75) is 27.2 Å². The highest BCUT2D eigenvalue weighted by atomic mass is 16.3. The topological polar surface area (TPSA) is 20.2 Å². The molecular weight excluding hydrogens is 124 g/mol. The molecule has 0 radical (unpaired) electrons. The van der Waals surface area contributed by atoms with Crippen LogP contribution in [0.2, 0.25) is 0 Å². The molecule has 58 valence electrons. The Labute approximate surface area is 63.1 Å². The summed E-state index contributed by atoms with van der Waals surface area (Å²) in [6.45, 7) is 6.01.